The number of piperazine rings is 1. The molecular weight excluding hydrogens is 490 g/mol. The lowest BCUT2D eigenvalue weighted by Crippen LogP contribution is -2.45. The van der Waals surface area contributed by atoms with E-state index in [2.05, 4.69) is 27.5 Å². The van der Waals surface area contributed by atoms with E-state index in [4.69, 9.17) is 0 Å². The van der Waals surface area contributed by atoms with Crippen molar-refractivity contribution in [2.45, 2.75) is 25.5 Å². The SMILES string of the molecule is CCN(C)C(=O)/C(C#N)=C1\S[C@H](CNc2ccc(NC(=O)CCN3CCN(C)CC3)cc2)C(=O)N1CC. The summed E-state index contributed by atoms with van der Waals surface area (Å²) >= 11 is 1.25. The van der Waals surface area contributed by atoms with Gasteiger partial charge < -0.3 is 30.2 Å². The Morgan fingerprint density at radius 1 is 1.14 bits per heavy atom. The molecule has 1 atom stereocenters. The molecule has 2 heterocycles. The number of nitriles is 1. The lowest BCUT2D eigenvalue weighted by atomic mass is 10.2. The molecule has 0 aliphatic carbocycles. The van der Waals surface area contributed by atoms with Crippen molar-refractivity contribution in [1.82, 2.24) is 19.6 Å². The maximum atomic E-state index is 13.0. The summed E-state index contributed by atoms with van der Waals surface area (Å²) in [5.74, 6) is -0.518. The highest BCUT2D eigenvalue weighted by Crippen LogP contribution is 2.37. The number of hydrogen-bond acceptors (Lipinski definition) is 8. The normalized spacial score (nSPS) is 19.9. The van der Waals surface area contributed by atoms with Crippen LogP contribution in [0.5, 0.6) is 0 Å². The molecule has 2 saturated heterocycles. The van der Waals surface area contributed by atoms with Crippen LogP contribution in [0, 0.1) is 11.3 Å². The molecule has 11 heteroatoms. The van der Waals surface area contributed by atoms with Gasteiger partial charge in [-0.3, -0.25) is 14.4 Å². The highest BCUT2D eigenvalue weighted by molar-refractivity contribution is 8.04. The molecule has 3 amide bonds. The monoisotopic (exact) mass is 527 g/mol. The average Bonchev–Trinajstić information content (AvgIpc) is 3.22. The average molecular weight is 528 g/mol. The standard InChI is InChI=1S/C26H37N7O3S/c1-5-31(4)24(35)21(17-27)26-33(6-2)25(36)22(37-26)18-28-19-7-9-20(10-8-19)29-23(34)11-12-32-15-13-30(3)14-16-32/h7-10,22,28H,5-6,11-16,18H2,1-4H3,(H,29,34)/b26-21-/t22-/m1/s1. The molecule has 200 valence electrons. The van der Waals surface area contributed by atoms with Crippen LogP contribution in [-0.2, 0) is 14.4 Å². The summed E-state index contributed by atoms with van der Waals surface area (Å²) in [5, 5.41) is 15.8. The Kier molecular flexibility index (Phi) is 10.4. The minimum absolute atomic E-state index is 0.000215. The summed E-state index contributed by atoms with van der Waals surface area (Å²) in [5.41, 5.74) is 1.53. The summed E-state index contributed by atoms with van der Waals surface area (Å²) in [7, 11) is 3.75. The number of amides is 3. The van der Waals surface area contributed by atoms with Gasteiger partial charge in [0.2, 0.25) is 11.8 Å². The van der Waals surface area contributed by atoms with E-state index in [1.807, 2.05) is 44.2 Å². The zero-order valence-electron chi connectivity index (χ0n) is 22.1. The van der Waals surface area contributed by atoms with Gasteiger partial charge in [-0.2, -0.15) is 5.26 Å². The summed E-state index contributed by atoms with van der Waals surface area (Å²) < 4.78 is 0. The minimum Gasteiger partial charge on any atom is -0.383 e. The molecule has 10 nitrogen and oxygen atoms in total. The molecule has 0 bridgehead atoms. The van der Waals surface area contributed by atoms with Gasteiger partial charge in [-0.15, -0.1) is 0 Å². The first-order valence-electron chi connectivity index (χ1n) is 12.7. The number of nitrogens with one attached hydrogen (secondary N) is 2. The zero-order valence-corrected chi connectivity index (χ0v) is 22.9. The van der Waals surface area contributed by atoms with Gasteiger partial charge in [-0.05, 0) is 45.2 Å². The second-order valence-electron chi connectivity index (χ2n) is 9.20. The topological polar surface area (TPSA) is 112 Å². The first kappa shape index (κ1) is 28.5. The first-order chi connectivity index (χ1) is 17.8. The molecule has 0 radical (unpaired) electrons. The Bertz CT molecular complexity index is 1050. The molecule has 0 aromatic heterocycles. The molecule has 2 aliphatic heterocycles. The molecule has 0 unspecified atom stereocenters. The van der Waals surface area contributed by atoms with Crippen LogP contribution >= 0.6 is 11.8 Å². The second-order valence-corrected chi connectivity index (χ2v) is 10.4. The fraction of sp³-hybridized carbons (Fsp3) is 0.538. The van der Waals surface area contributed by atoms with Crippen LogP contribution in [0.25, 0.3) is 0 Å². The fourth-order valence-corrected chi connectivity index (χ4v) is 5.36. The van der Waals surface area contributed by atoms with Crippen LogP contribution in [-0.4, -0.2) is 109 Å². The molecule has 2 N–H and O–H groups in total. The quantitative estimate of drug-likeness (QED) is 0.350. The van der Waals surface area contributed by atoms with Crippen molar-refractivity contribution in [3.8, 4) is 6.07 Å². The fourth-order valence-electron chi connectivity index (χ4n) is 4.10. The van der Waals surface area contributed by atoms with Crippen molar-refractivity contribution in [3.05, 3.63) is 34.9 Å². The molecular formula is C26H37N7O3S. The van der Waals surface area contributed by atoms with E-state index >= 15 is 0 Å². The van der Waals surface area contributed by atoms with Gasteiger partial charge in [0.25, 0.3) is 5.91 Å². The van der Waals surface area contributed by atoms with Gasteiger partial charge in [0.15, 0.2) is 0 Å². The third-order valence-electron chi connectivity index (χ3n) is 6.63. The van der Waals surface area contributed by atoms with Crippen molar-refractivity contribution < 1.29 is 14.4 Å². The number of hydrogen-bond donors (Lipinski definition) is 2. The lowest BCUT2D eigenvalue weighted by Gasteiger charge is -2.32. The molecule has 0 spiro atoms. The van der Waals surface area contributed by atoms with Crippen LogP contribution < -0.4 is 10.6 Å². The van der Waals surface area contributed by atoms with Crippen molar-refractivity contribution >= 4 is 40.9 Å². The van der Waals surface area contributed by atoms with Crippen LogP contribution in [0.4, 0.5) is 11.4 Å². The largest absolute Gasteiger partial charge is 0.383 e. The van der Waals surface area contributed by atoms with Gasteiger partial charge in [0.1, 0.15) is 21.9 Å². The van der Waals surface area contributed by atoms with Gasteiger partial charge in [0, 0.05) is 77.2 Å². The maximum Gasteiger partial charge on any atom is 0.266 e. The molecule has 37 heavy (non-hydrogen) atoms. The maximum absolute atomic E-state index is 13.0. The predicted octanol–water partition coefficient (Wildman–Crippen LogP) is 1.85. The number of rotatable bonds is 10. The predicted molar refractivity (Wildman–Crippen MR) is 147 cm³/mol. The van der Waals surface area contributed by atoms with Crippen molar-refractivity contribution in [1.29, 1.82) is 5.26 Å². The van der Waals surface area contributed by atoms with E-state index in [0.29, 0.717) is 31.1 Å². The first-order valence-corrected chi connectivity index (χ1v) is 13.6. The van der Waals surface area contributed by atoms with Gasteiger partial charge in [-0.1, -0.05) is 11.8 Å². The smallest absolute Gasteiger partial charge is 0.266 e. The number of carbonyl (C=O) groups excluding carboxylic acids is 3. The van der Waals surface area contributed by atoms with Crippen LogP contribution in [0.2, 0.25) is 0 Å². The number of anilines is 2. The van der Waals surface area contributed by atoms with E-state index in [9.17, 15) is 19.6 Å². The Morgan fingerprint density at radius 2 is 1.78 bits per heavy atom. The summed E-state index contributed by atoms with van der Waals surface area (Å²) in [4.78, 5) is 45.5. The third kappa shape index (κ3) is 7.47. The van der Waals surface area contributed by atoms with E-state index in [0.717, 1.165) is 44.1 Å². The van der Waals surface area contributed by atoms with Crippen LogP contribution in [0.1, 0.15) is 20.3 Å². The Morgan fingerprint density at radius 3 is 2.38 bits per heavy atom. The zero-order chi connectivity index (χ0) is 26.9. The highest BCUT2D eigenvalue weighted by atomic mass is 32.2. The molecule has 1 aromatic carbocycles. The second kappa shape index (κ2) is 13.5. The lowest BCUT2D eigenvalue weighted by molar-refractivity contribution is -0.127. The minimum atomic E-state index is -0.452. The Balaban J connectivity index is 1.53. The van der Waals surface area contributed by atoms with Crippen molar-refractivity contribution in [2.24, 2.45) is 0 Å². The molecule has 1 aromatic rings. The summed E-state index contributed by atoms with van der Waals surface area (Å²) in [6, 6.07) is 9.38. The third-order valence-corrected chi connectivity index (χ3v) is 7.93. The van der Waals surface area contributed by atoms with E-state index in [1.165, 1.54) is 21.6 Å². The Labute approximate surface area is 223 Å². The summed E-state index contributed by atoms with van der Waals surface area (Å²) in [6.45, 7) is 9.66. The summed E-state index contributed by atoms with van der Waals surface area (Å²) in [6.07, 6.45) is 0.454. The molecule has 3 rings (SSSR count). The van der Waals surface area contributed by atoms with Crippen molar-refractivity contribution in [2.75, 3.05) is 77.1 Å². The molecule has 2 fully saturated rings. The van der Waals surface area contributed by atoms with E-state index in [1.54, 1.807) is 7.05 Å². The number of nitrogens with zero attached hydrogens (tertiary/aromatic N) is 5. The highest BCUT2D eigenvalue weighted by Gasteiger charge is 2.39. The van der Waals surface area contributed by atoms with Crippen LogP contribution in [0.15, 0.2) is 34.9 Å². The number of carbonyl (C=O) groups is 3. The van der Waals surface area contributed by atoms with E-state index < -0.39 is 5.25 Å². The van der Waals surface area contributed by atoms with E-state index in [-0.39, 0.29) is 23.3 Å². The van der Waals surface area contributed by atoms with Crippen molar-refractivity contribution in [3.63, 3.8) is 0 Å². The number of likely N-dealkylation sites (N-methyl/N-ethyl adjacent to an activating group) is 2. The molecule has 2 aliphatic rings. The number of benzene rings is 1. The van der Waals surface area contributed by atoms with Gasteiger partial charge >= 0.3 is 0 Å². The number of thioether (sulfide) groups is 1. The molecule has 0 saturated carbocycles. The van der Waals surface area contributed by atoms with Crippen LogP contribution in [0.3, 0.4) is 0 Å². The Hall–Kier alpha value is -3.07. The van der Waals surface area contributed by atoms with Gasteiger partial charge in [-0.25, -0.2) is 0 Å². The van der Waals surface area contributed by atoms with Gasteiger partial charge in [0.05, 0.1) is 0 Å².